The first kappa shape index (κ1) is 14.9. The molecule has 2 aromatic rings. The Morgan fingerprint density at radius 3 is 2.85 bits per heavy atom. The van der Waals surface area contributed by atoms with E-state index in [1.165, 1.54) is 28.4 Å². The maximum Gasteiger partial charge on any atom is 0.266 e. The molecule has 110 valence electrons. The molecule has 0 fully saturated rings. The van der Waals surface area contributed by atoms with Crippen LogP contribution in [0.2, 0.25) is 0 Å². The van der Waals surface area contributed by atoms with E-state index in [1.54, 1.807) is 0 Å². The highest BCUT2D eigenvalue weighted by atomic mass is 32.2. The van der Waals surface area contributed by atoms with Gasteiger partial charge in [0.2, 0.25) is 0 Å². The first-order valence-electron chi connectivity index (χ1n) is 6.13. The first-order valence-corrected chi connectivity index (χ1v) is 8.49. The lowest BCUT2D eigenvalue weighted by Crippen LogP contribution is -2.13. The van der Waals surface area contributed by atoms with Crippen LogP contribution in [0.5, 0.6) is 0 Å². The van der Waals surface area contributed by atoms with Crippen molar-refractivity contribution in [2.75, 3.05) is 11.3 Å². The van der Waals surface area contributed by atoms with Gasteiger partial charge in [-0.05, 0) is 5.92 Å². The number of nitrogens with one attached hydrogen (secondary N) is 1. The van der Waals surface area contributed by atoms with Gasteiger partial charge in [0.25, 0.3) is 10.0 Å². The zero-order chi connectivity index (χ0) is 14.8. The van der Waals surface area contributed by atoms with Crippen LogP contribution in [0, 0.1) is 0 Å². The molecule has 2 aromatic heterocycles. The highest BCUT2D eigenvalue weighted by Gasteiger charge is 2.18. The number of hydrogen-bond donors (Lipinski definition) is 2. The van der Waals surface area contributed by atoms with Gasteiger partial charge in [-0.3, -0.25) is 9.40 Å². The zero-order valence-corrected chi connectivity index (χ0v) is 12.9. The van der Waals surface area contributed by atoms with E-state index >= 15 is 0 Å². The van der Waals surface area contributed by atoms with E-state index < -0.39 is 10.0 Å². The predicted molar refractivity (Wildman–Crippen MR) is 78.3 cm³/mol. The molecule has 0 unspecified atom stereocenters. The minimum absolute atomic E-state index is 0.104. The van der Waals surface area contributed by atoms with Gasteiger partial charge in [0.1, 0.15) is 4.90 Å². The normalized spacial score (nSPS) is 12.0. The molecule has 0 saturated carbocycles. The number of hydrogen-bond acceptors (Lipinski definition) is 6. The quantitative estimate of drug-likeness (QED) is 0.834. The minimum atomic E-state index is -3.65. The van der Waals surface area contributed by atoms with Crippen molar-refractivity contribution in [3.05, 3.63) is 23.5 Å². The molecule has 0 aliphatic heterocycles. The van der Waals surface area contributed by atoms with Gasteiger partial charge in [-0.15, -0.1) is 11.3 Å². The van der Waals surface area contributed by atoms with Crippen LogP contribution in [0.15, 0.2) is 22.7 Å². The number of nitrogens with two attached hydrogens (primary N) is 1. The van der Waals surface area contributed by atoms with Crippen LogP contribution >= 0.6 is 11.3 Å². The van der Waals surface area contributed by atoms with Crippen LogP contribution in [0.3, 0.4) is 0 Å². The molecule has 3 N–H and O–H groups in total. The lowest BCUT2D eigenvalue weighted by atomic mass is 10.2. The molecule has 0 aromatic carbocycles. The zero-order valence-electron chi connectivity index (χ0n) is 11.3. The molecule has 2 heterocycles. The van der Waals surface area contributed by atoms with Crippen LogP contribution in [0.4, 0.5) is 5.13 Å². The lowest BCUT2D eigenvalue weighted by Gasteiger charge is -2.02. The summed E-state index contributed by atoms with van der Waals surface area (Å²) in [6, 6.07) is 0. The van der Waals surface area contributed by atoms with E-state index in [0.29, 0.717) is 18.2 Å². The van der Waals surface area contributed by atoms with Crippen molar-refractivity contribution in [2.45, 2.75) is 31.2 Å². The molecule has 0 amide bonds. The smallest absolute Gasteiger partial charge is 0.266 e. The standard InChI is InChI=1S/C11H17N5O2S2/c1-8(2)10-7-19-11(14-10)15-20(17,18)9-5-13-16(6-9)4-3-12/h5-8H,3-4,12H2,1-2H3,(H,14,15). The second-order valence-electron chi connectivity index (χ2n) is 4.57. The molecule has 0 bridgehead atoms. The van der Waals surface area contributed by atoms with E-state index in [9.17, 15) is 8.42 Å². The minimum Gasteiger partial charge on any atom is -0.329 e. The largest absolute Gasteiger partial charge is 0.329 e. The van der Waals surface area contributed by atoms with Gasteiger partial charge in [0.15, 0.2) is 5.13 Å². The summed E-state index contributed by atoms with van der Waals surface area (Å²) < 4.78 is 28.3. The van der Waals surface area contributed by atoms with Crippen molar-refractivity contribution in [2.24, 2.45) is 5.73 Å². The fourth-order valence-electron chi connectivity index (χ4n) is 1.51. The van der Waals surface area contributed by atoms with Gasteiger partial charge in [0, 0.05) is 18.1 Å². The van der Waals surface area contributed by atoms with Crippen molar-refractivity contribution < 1.29 is 8.42 Å². The summed E-state index contributed by atoms with van der Waals surface area (Å²) in [5, 5.41) is 6.16. The summed E-state index contributed by atoms with van der Waals surface area (Å²) in [5.74, 6) is 0.261. The SMILES string of the molecule is CC(C)c1csc(NS(=O)(=O)c2cnn(CCN)c2)n1. The van der Waals surface area contributed by atoms with Gasteiger partial charge in [0.05, 0.1) is 18.4 Å². The number of nitrogens with zero attached hydrogens (tertiary/aromatic N) is 3. The molecular formula is C11H17N5O2S2. The third kappa shape index (κ3) is 3.35. The Morgan fingerprint density at radius 2 is 2.25 bits per heavy atom. The Labute approximate surface area is 121 Å². The van der Waals surface area contributed by atoms with Crippen LogP contribution < -0.4 is 10.5 Å². The number of sulfonamides is 1. The predicted octanol–water partition coefficient (Wildman–Crippen LogP) is 1.22. The van der Waals surface area contributed by atoms with E-state index in [1.807, 2.05) is 19.2 Å². The van der Waals surface area contributed by atoms with Crippen molar-refractivity contribution in [3.63, 3.8) is 0 Å². The second kappa shape index (κ2) is 5.90. The number of thiazole rings is 1. The van der Waals surface area contributed by atoms with Crippen LogP contribution in [0.1, 0.15) is 25.5 Å². The molecule has 0 atom stereocenters. The monoisotopic (exact) mass is 315 g/mol. The summed E-state index contributed by atoms with van der Waals surface area (Å²) in [6.07, 6.45) is 2.75. The molecule has 0 radical (unpaired) electrons. The summed E-state index contributed by atoms with van der Waals surface area (Å²) in [4.78, 5) is 4.35. The number of rotatable bonds is 6. The average Bonchev–Trinajstić information content (AvgIpc) is 2.98. The highest BCUT2D eigenvalue weighted by Crippen LogP contribution is 2.23. The van der Waals surface area contributed by atoms with Crippen molar-refractivity contribution >= 4 is 26.5 Å². The molecule has 0 saturated heterocycles. The lowest BCUT2D eigenvalue weighted by molar-refractivity contribution is 0.599. The van der Waals surface area contributed by atoms with Gasteiger partial charge >= 0.3 is 0 Å². The van der Waals surface area contributed by atoms with Gasteiger partial charge in [-0.1, -0.05) is 13.8 Å². The van der Waals surface area contributed by atoms with Crippen LogP contribution in [-0.2, 0) is 16.6 Å². The van der Waals surface area contributed by atoms with E-state index in [0.717, 1.165) is 5.69 Å². The summed E-state index contributed by atoms with van der Waals surface area (Å²) >= 11 is 1.27. The molecule has 2 rings (SSSR count). The second-order valence-corrected chi connectivity index (χ2v) is 7.11. The fraction of sp³-hybridized carbons (Fsp3) is 0.455. The molecular weight excluding hydrogens is 298 g/mol. The Bertz CT molecular complexity index is 675. The molecule has 20 heavy (non-hydrogen) atoms. The summed E-state index contributed by atoms with van der Waals surface area (Å²) in [7, 11) is -3.65. The first-order chi connectivity index (χ1) is 9.42. The maximum atomic E-state index is 12.2. The molecule has 9 heteroatoms. The third-order valence-corrected chi connectivity index (χ3v) is 4.81. The van der Waals surface area contributed by atoms with E-state index in [2.05, 4.69) is 14.8 Å². The summed E-state index contributed by atoms with van der Waals surface area (Å²) in [6.45, 7) is 4.89. The van der Waals surface area contributed by atoms with Crippen LogP contribution in [0.25, 0.3) is 0 Å². The fourth-order valence-corrected chi connectivity index (χ4v) is 3.59. The van der Waals surface area contributed by atoms with Crippen molar-refractivity contribution in [1.29, 1.82) is 0 Å². The Kier molecular flexibility index (Phi) is 4.41. The molecule has 0 aliphatic carbocycles. The Morgan fingerprint density at radius 1 is 1.50 bits per heavy atom. The summed E-state index contributed by atoms with van der Waals surface area (Å²) in [5.41, 5.74) is 6.27. The molecule has 7 nitrogen and oxygen atoms in total. The number of aromatic nitrogens is 3. The Hall–Kier alpha value is -1.45. The molecule has 0 spiro atoms. The van der Waals surface area contributed by atoms with Crippen LogP contribution in [-0.4, -0.2) is 29.7 Å². The third-order valence-electron chi connectivity index (χ3n) is 2.61. The Balaban J connectivity index is 2.16. The van der Waals surface area contributed by atoms with Gasteiger partial charge in [-0.25, -0.2) is 13.4 Å². The van der Waals surface area contributed by atoms with Crippen molar-refractivity contribution in [3.8, 4) is 0 Å². The maximum absolute atomic E-state index is 12.2. The van der Waals surface area contributed by atoms with E-state index in [-0.39, 0.29) is 10.8 Å². The number of anilines is 1. The highest BCUT2D eigenvalue weighted by molar-refractivity contribution is 7.93. The topological polar surface area (TPSA) is 103 Å². The van der Waals surface area contributed by atoms with Gasteiger partial charge in [-0.2, -0.15) is 5.10 Å². The molecule has 0 aliphatic rings. The van der Waals surface area contributed by atoms with Gasteiger partial charge < -0.3 is 5.73 Å². The van der Waals surface area contributed by atoms with Crippen molar-refractivity contribution in [1.82, 2.24) is 14.8 Å². The average molecular weight is 315 g/mol. The van der Waals surface area contributed by atoms with E-state index in [4.69, 9.17) is 5.73 Å².